The van der Waals surface area contributed by atoms with Crippen LogP contribution in [0.1, 0.15) is 31.9 Å². The van der Waals surface area contributed by atoms with E-state index >= 15 is 0 Å². The zero-order valence-corrected chi connectivity index (χ0v) is 11.9. The van der Waals surface area contributed by atoms with Crippen molar-refractivity contribution in [2.75, 3.05) is 6.61 Å². The second-order valence-corrected chi connectivity index (χ2v) is 5.76. The van der Waals surface area contributed by atoms with E-state index in [-0.39, 0.29) is 6.04 Å². The molecular formula is C15H18N2O3. The third kappa shape index (κ3) is 3.41. The molecule has 0 saturated heterocycles. The van der Waals surface area contributed by atoms with E-state index in [9.17, 15) is 4.79 Å². The number of fused-ring (bicyclic) bond motifs is 1. The second kappa shape index (κ2) is 5.41. The lowest BCUT2D eigenvalue weighted by Gasteiger charge is -2.28. The number of benzene rings is 1. The highest BCUT2D eigenvalue weighted by molar-refractivity contribution is 5.68. The predicted molar refractivity (Wildman–Crippen MR) is 73.5 cm³/mol. The van der Waals surface area contributed by atoms with Crippen LogP contribution in [0.25, 0.3) is 0 Å². The molecule has 106 valence electrons. The van der Waals surface area contributed by atoms with Crippen LogP contribution in [0.5, 0.6) is 5.75 Å². The summed E-state index contributed by atoms with van der Waals surface area (Å²) < 4.78 is 10.8. The fourth-order valence-corrected chi connectivity index (χ4v) is 2.08. The van der Waals surface area contributed by atoms with E-state index in [1.54, 1.807) is 6.07 Å². The molecule has 0 aromatic heterocycles. The first-order chi connectivity index (χ1) is 9.39. The first-order valence-corrected chi connectivity index (χ1v) is 6.53. The van der Waals surface area contributed by atoms with Gasteiger partial charge in [0.05, 0.1) is 11.6 Å². The summed E-state index contributed by atoms with van der Waals surface area (Å²) >= 11 is 0. The fourth-order valence-electron chi connectivity index (χ4n) is 2.08. The van der Waals surface area contributed by atoms with E-state index in [4.69, 9.17) is 14.7 Å². The number of nitrogens with one attached hydrogen (secondary N) is 1. The normalized spacial score (nSPS) is 17.4. The van der Waals surface area contributed by atoms with Crippen LogP contribution >= 0.6 is 0 Å². The lowest BCUT2D eigenvalue weighted by atomic mass is 10.00. The average Bonchev–Trinajstić information content (AvgIpc) is 2.35. The van der Waals surface area contributed by atoms with Gasteiger partial charge in [-0.3, -0.25) is 0 Å². The molecule has 1 atom stereocenters. The molecule has 1 aromatic rings. The highest BCUT2D eigenvalue weighted by atomic mass is 16.6. The highest BCUT2D eigenvalue weighted by Gasteiger charge is 2.25. The Labute approximate surface area is 118 Å². The van der Waals surface area contributed by atoms with Gasteiger partial charge in [-0.1, -0.05) is 12.1 Å². The molecule has 0 saturated carbocycles. The second-order valence-electron chi connectivity index (χ2n) is 5.76. The maximum Gasteiger partial charge on any atom is 0.408 e. The van der Waals surface area contributed by atoms with Crippen LogP contribution < -0.4 is 10.1 Å². The van der Waals surface area contributed by atoms with E-state index in [0.717, 1.165) is 5.56 Å². The van der Waals surface area contributed by atoms with E-state index in [2.05, 4.69) is 11.4 Å². The van der Waals surface area contributed by atoms with Crippen molar-refractivity contribution in [3.63, 3.8) is 0 Å². The summed E-state index contributed by atoms with van der Waals surface area (Å²) in [5.41, 5.74) is 0.931. The van der Waals surface area contributed by atoms with Crippen molar-refractivity contribution in [1.82, 2.24) is 5.32 Å². The number of nitriles is 1. The number of ether oxygens (including phenoxy) is 2. The van der Waals surface area contributed by atoms with Gasteiger partial charge in [-0.25, -0.2) is 4.79 Å². The van der Waals surface area contributed by atoms with Crippen molar-refractivity contribution in [3.05, 3.63) is 29.3 Å². The van der Waals surface area contributed by atoms with Gasteiger partial charge >= 0.3 is 6.09 Å². The van der Waals surface area contributed by atoms with Crippen molar-refractivity contribution in [2.24, 2.45) is 0 Å². The fraction of sp³-hybridized carbons (Fsp3) is 0.467. The minimum Gasteiger partial charge on any atom is -0.490 e. The van der Waals surface area contributed by atoms with Crippen LogP contribution in [0.3, 0.4) is 0 Å². The summed E-state index contributed by atoms with van der Waals surface area (Å²) in [4.78, 5) is 11.7. The first kappa shape index (κ1) is 14.2. The Bertz CT molecular complexity index is 555. The number of carbonyl (C=O) groups excluding carboxylic acids is 1. The number of nitrogens with zero attached hydrogens (tertiary/aromatic N) is 1. The quantitative estimate of drug-likeness (QED) is 0.853. The number of hydrogen-bond acceptors (Lipinski definition) is 4. The molecule has 1 aliphatic heterocycles. The number of alkyl carbamates (subject to hydrolysis) is 1. The monoisotopic (exact) mass is 274 g/mol. The minimum atomic E-state index is -0.522. The van der Waals surface area contributed by atoms with Crippen LogP contribution in [0.2, 0.25) is 0 Å². The number of carbonyl (C=O) groups is 1. The molecule has 5 nitrogen and oxygen atoms in total. The summed E-state index contributed by atoms with van der Waals surface area (Å²) in [6.45, 7) is 5.79. The molecule has 0 spiro atoms. The number of rotatable bonds is 1. The predicted octanol–water partition coefficient (Wildman–Crippen LogP) is 2.39. The van der Waals surface area contributed by atoms with Gasteiger partial charge < -0.3 is 14.8 Å². The van der Waals surface area contributed by atoms with Gasteiger partial charge in [0, 0.05) is 0 Å². The molecule has 20 heavy (non-hydrogen) atoms. The largest absolute Gasteiger partial charge is 0.490 e. The molecule has 0 radical (unpaired) electrons. The Morgan fingerprint density at radius 2 is 2.25 bits per heavy atom. The number of para-hydroxylation sites is 1. The zero-order valence-electron chi connectivity index (χ0n) is 11.9. The molecule has 0 bridgehead atoms. The molecule has 1 amide bonds. The van der Waals surface area contributed by atoms with E-state index in [0.29, 0.717) is 24.3 Å². The SMILES string of the molecule is CC(C)(C)OC(=O)NC1COc2c(C#N)cccc2C1. The smallest absolute Gasteiger partial charge is 0.408 e. The summed E-state index contributed by atoms with van der Waals surface area (Å²) in [6, 6.07) is 7.40. The van der Waals surface area contributed by atoms with Crippen LogP contribution in [0, 0.1) is 11.3 Å². The van der Waals surface area contributed by atoms with Crippen LogP contribution in [0.4, 0.5) is 4.79 Å². The Morgan fingerprint density at radius 3 is 2.90 bits per heavy atom. The lowest BCUT2D eigenvalue weighted by Crippen LogP contribution is -2.45. The lowest BCUT2D eigenvalue weighted by molar-refractivity contribution is 0.0481. The summed E-state index contributed by atoms with van der Waals surface area (Å²) in [6.07, 6.45) is 0.176. The van der Waals surface area contributed by atoms with Gasteiger partial charge in [-0.15, -0.1) is 0 Å². The standard InChI is InChI=1S/C15H18N2O3/c1-15(2,3)20-14(18)17-12-7-10-5-4-6-11(8-16)13(10)19-9-12/h4-6,12H,7,9H2,1-3H3,(H,17,18). The molecule has 5 heteroatoms. The Hall–Kier alpha value is -2.22. The van der Waals surface area contributed by atoms with Gasteiger partial charge in [0.1, 0.15) is 24.0 Å². The molecule has 1 N–H and O–H groups in total. The Kier molecular flexibility index (Phi) is 3.84. The van der Waals surface area contributed by atoms with E-state index in [1.807, 2.05) is 32.9 Å². The van der Waals surface area contributed by atoms with Crippen LogP contribution in [-0.4, -0.2) is 24.3 Å². The van der Waals surface area contributed by atoms with Crippen molar-refractivity contribution < 1.29 is 14.3 Å². The van der Waals surface area contributed by atoms with Gasteiger partial charge in [-0.2, -0.15) is 5.26 Å². The minimum absolute atomic E-state index is 0.147. The van der Waals surface area contributed by atoms with Crippen LogP contribution in [0.15, 0.2) is 18.2 Å². The Balaban J connectivity index is 2.02. The summed E-state index contributed by atoms with van der Waals surface area (Å²) in [5.74, 6) is 0.622. The van der Waals surface area contributed by atoms with E-state index < -0.39 is 11.7 Å². The summed E-state index contributed by atoms with van der Waals surface area (Å²) in [5, 5.41) is 11.8. The topological polar surface area (TPSA) is 71.3 Å². The number of amides is 1. The van der Waals surface area contributed by atoms with Crippen molar-refractivity contribution in [1.29, 1.82) is 5.26 Å². The maximum atomic E-state index is 11.7. The van der Waals surface area contributed by atoms with Crippen molar-refractivity contribution >= 4 is 6.09 Å². The van der Waals surface area contributed by atoms with Gasteiger partial charge in [-0.05, 0) is 38.8 Å². The third-order valence-corrected chi connectivity index (χ3v) is 2.83. The molecule has 1 unspecified atom stereocenters. The van der Waals surface area contributed by atoms with E-state index in [1.165, 1.54) is 0 Å². The van der Waals surface area contributed by atoms with Gasteiger partial charge in [0.15, 0.2) is 0 Å². The number of hydrogen-bond donors (Lipinski definition) is 1. The molecule has 1 aliphatic rings. The van der Waals surface area contributed by atoms with Gasteiger partial charge in [0.2, 0.25) is 0 Å². The first-order valence-electron chi connectivity index (χ1n) is 6.53. The average molecular weight is 274 g/mol. The van der Waals surface area contributed by atoms with Crippen molar-refractivity contribution in [2.45, 2.75) is 38.8 Å². The third-order valence-electron chi connectivity index (χ3n) is 2.83. The summed E-state index contributed by atoms with van der Waals surface area (Å²) in [7, 11) is 0. The van der Waals surface area contributed by atoms with Gasteiger partial charge in [0.25, 0.3) is 0 Å². The highest BCUT2D eigenvalue weighted by Crippen LogP contribution is 2.28. The molecule has 1 aromatic carbocycles. The molecule has 2 rings (SSSR count). The molecular weight excluding hydrogens is 256 g/mol. The molecule has 0 aliphatic carbocycles. The van der Waals surface area contributed by atoms with Crippen LogP contribution in [-0.2, 0) is 11.2 Å². The van der Waals surface area contributed by atoms with Crippen molar-refractivity contribution in [3.8, 4) is 11.8 Å². The maximum absolute atomic E-state index is 11.7. The molecule has 1 heterocycles. The Morgan fingerprint density at radius 1 is 1.50 bits per heavy atom. The molecule has 0 fully saturated rings. The zero-order chi connectivity index (χ0) is 14.8.